The molecule has 1 aromatic carbocycles. The molecule has 2 N–H and O–H groups in total. The lowest BCUT2D eigenvalue weighted by Crippen LogP contribution is -2.12. The SMILES string of the molecule is CCCCCCCCCCCCCCCCc1ccccc1C(N)CCCCCCCCCCCCCCCC. The van der Waals surface area contributed by atoms with E-state index in [0.717, 1.165) is 6.42 Å². The minimum atomic E-state index is 0.222. The fraction of sp³-hybridized carbons (Fsp3) is 0.846. The largest absolute Gasteiger partial charge is 0.324 e. The van der Waals surface area contributed by atoms with Gasteiger partial charge in [-0.15, -0.1) is 0 Å². The molecule has 0 aliphatic carbocycles. The van der Waals surface area contributed by atoms with Crippen LogP contribution in [-0.4, -0.2) is 0 Å². The molecule has 1 heteroatoms. The van der Waals surface area contributed by atoms with Crippen molar-refractivity contribution >= 4 is 0 Å². The van der Waals surface area contributed by atoms with Crippen LogP contribution in [-0.2, 0) is 6.42 Å². The molecule has 0 spiro atoms. The Morgan fingerprint density at radius 1 is 0.425 bits per heavy atom. The molecule has 0 aromatic heterocycles. The summed E-state index contributed by atoms with van der Waals surface area (Å²) in [6.45, 7) is 4.60. The van der Waals surface area contributed by atoms with E-state index in [1.165, 1.54) is 197 Å². The Morgan fingerprint density at radius 2 is 0.750 bits per heavy atom. The van der Waals surface area contributed by atoms with Crippen molar-refractivity contribution in [1.82, 2.24) is 0 Å². The number of hydrogen-bond donors (Lipinski definition) is 1. The summed E-state index contributed by atoms with van der Waals surface area (Å²) in [6.07, 6.45) is 42.2. The van der Waals surface area contributed by atoms with Crippen molar-refractivity contribution < 1.29 is 0 Å². The summed E-state index contributed by atoms with van der Waals surface area (Å²) in [5, 5.41) is 0. The van der Waals surface area contributed by atoms with Gasteiger partial charge < -0.3 is 5.73 Å². The highest BCUT2D eigenvalue weighted by Gasteiger charge is 2.10. The molecule has 1 nitrogen and oxygen atoms in total. The van der Waals surface area contributed by atoms with E-state index in [9.17, 15) is 0 Å². The van der Waals surface area contributed by atoms with Gasteiger partial charge in [0.05, 0.1) is 0 Å². The predicted octanol–water partition coefficient (Wildman–Crippen LogP) is 13.6. The first kappa shape index (κ1) is 37.2. The second kappa shape index (κ2) is 29.7. The number of rotatable bonds is 31. The lowest BCUT2D eigenvalue weighted by molar-refractivity contribution is 0.519. The van der Waals surface area contributed by atoms with Crippen LogP contribution >= 0.6 is 0 Å². The van der Waals surface area contributed by atoms with Gasteiger partial charge in [-0.1, -0.05) is 211 Å². The second-order valence-corrected chi connectivity index (χ2v) is 13.0. The van der Waals surface area contributed by atoms with E-state index in [1.54, 1.807) is 0 Å². The van der Waals surface area contributed by atoms with Crippen LogP contribution < -0.4 is 5.73 Å². The van der Waals surface area contributed by atoms with Crippen LogP contribution in [0.25, 0.3) is 0 Å². The molecule has 234 valence electrons. The minimum Gasteiger partial charge on any atom is -0.324 e. The van der Waals surface area contributed by atoms with Crippen LogP contribution in [0.3, 0.4) is 0 Å². The highest BCUT2D eigenvalue weighted by molar-refractivity contribution is 5.30. The molecule has 0 radical (unpaired) electrons. The molecular formula is C39H73N. The lowest BCUT2D eigenvalue weighted by Gasteiger charge is -2.16. The summed E-state index contributed by atoms with van der Waals surface area (Å²) < 4.78 is 0. The van der Waals surface area contributed by atoms with Crippen LogP contribution in [0.2, 0.25) is 0 Å². The van der Waals surface area contributed by atoms with Gasteiger partial charge >= 0.3 is 0 Å². The van der Waals surface area contributed by atoms with Crippen molar-refractivity contribution in [2.45, 2.75) is 213 Å². The van der Waals surface area contributed by atoms with Crippen molar-refractivity contribution in [2.24, 2.45) is 5.73 Å². The Bertz CT molecular complexity index is 623. The summed E-state index contributed by atoms with van der Waals surface area (Å²) in [4.78, 5) is 0. The molecule has 1 atom stereocenters. The van der Waals surface area contributed by atoms with Gasteiger partial charge in [0.25, 0.3) is 0 Å². The first-order valence-electron chi connectivity index (χ1n) is 18.6. The summed E-state index contributed by atoms with van der Waals surface area (Å²) in [5.41, 5.74) is 9.63. The zero-order chi connectivity index (χ0) is 28.8. The molecule has 0 fully saturated rings. The molecule has 0 bridgehead atoms. The number of unbranched alkanes of at least 4 members (excludes halogenated alkanes) is 26. The first-order chi connectivity index (χ1) is 19.8. The average Bonchev–Trinajstić information content (AvgIpc) is 2.97. The van der Waals surface area contributed by atoms with E-state index in [-0.39, 0.29) is 6.04 Å². The van der Waals surface area contributed by atoms with Crippen LogP contribution in [0, 0.1) is 0 Å². The predicted molar refractivity (Wildman–Crippen MR) is 182 cm³/mol. The molecule has 40 heavy (non-hydrogen) atoms. The van der Waals surface area contributed by atoms with Crippen LogP contribution in [0.1, 0.15) is 217 Å². The van der Waals surface area contributed by atoms with Crippen molar-refractivity contribution in [3.8, 4) is 0 Å². The molecule has 0 aliphatic rings. The van der Waals surface area contributed by atoms with Gasteiger partial charge in [-0.2, -0.15) is 0 Å². The van der Waals surface area contributed by atoms with Crippen LogP contribution in [0.5, 0.6) is 0 Å². The second-order valence-electron chi connectivity index (χ2n) is 13.0. The Balaban J connectivity index is 1.99. The quantitative estimate of drug-likeness (QED) is 0.0906. The summed E-state index contributed by atoms with van der Waals surface area (Å²) >= 11 is 0. The lowest BCUT2D eigenvalue weighted by atomic mass is 9.93. The molecule has 0 heterocycles. The zero-order valence-corrected chi connectivity index (χ0v) is 27.7. The van der Waals surface area contributed by atoms with Crippen molar-refractivity contribution in [3.05, 3.63) is 35.4 Å². The van der Waals surface area contributed by atoms with Gasteiger partial charge in [-0.05, 0) is 30.4 Å². The van der Waals surface area contributed by atoms with Gasteiger partial charge in [0.2, 0.25) is 0 Å². The molecule has 0 saturated heterocycles. The topological polar surface area (TPSA) is 26.0 Å². The van der Waals surface area contributed by atoms with Gasteiger partial charge in [0, 0.05) is 6.04 Å². The number of benzene rings is 1. The van der Waals surface area contributed by atoms with E-state index in [2.05, 4.69) is 38.1 Å². The molecule has 1 unspecified atom stereocenters. The Labute approximate surface area is 253 Å². The standard InChI is InChI=1S/C39H73N/c1-3-5-7-9-11-13-15-17-19-21-23-25-27-29-33-37-34-31-32-35-38(37)39(40)36-30-28-26-24-22-20-18-16-14-12-10-8-6-4-2/h31-32,34-35,39H,3-30,33,36,40H2,1-2H3. The monoisotopic (exact) mass is 556 g/mol. The molecule has 0 aliphatic heterocycles. The van der Waals surface area contributed by atoms with Gasteiger partial charge in [-0.3, -0.25) is 0 Å². The van der Waals surface area contributed by atoms with Gasteiger partial charge in [0.1, 0.15) is 0 Å². The van der Waals surface area contributed by atoms with E-state index in [0.29, 0.717) is 0 Å². The van der Waals surface area contributed by atoms with Gasteiger partial charge in [-0.25, -0.2) is 0 Å². The third-order valence-electron chi connectivity index (χ3n) is 9.12. The fourth-order valence-corrected chi connectivity index (χ4v) is 6.35. The van der Waals surface area contributed by atoms with E-state index in [4.69, 9.17) is 5.73 Å². The minimum absolute atomic E-state index is 0.222. The fourth-order valence-electron chi connectivity index (χ4n) is 6.35. The molecular weight excluding hydrogens is 482 g/mol. The Morgan fingerprint density at radius 3 is 1.15 bits per heavy atom. The average molecular weight is 556 g/mol. The van der Waals surface area contributed by atoms with Crippen LogP contribution in [0.15, 0.2) is 24.3 Å². The summed E-state index contributed by atoms with van der Waals surface area (Å²) in [7, 11) is 0. The smallest absolute Gasteiger partial charge is 0.0297 e. The van der Waals surface area contributed by atoms with Gasteiger partial charge in [0.15, 0.2) is 0 Å². The third kappa shape index (κ3) is 22.8. The molecule has 0 amide bonds. The van der Waals surface area contributed by atoms with Crippen molar-refractivity contribution in [1.29, 1.82) is 0 Å². The normalized spacial score (nSPS) is 12.3. The zero-order valence-electron chi connectivity index (χ0n) is 27.7. The highest BCUT2D eigenvalue weighted by Crippen LogP contribution is 2.24. The van der Waals surface area contributed by atoms with E-state index < -0.39 is 0 Å². The molecule has 0 saturated carbocycles. The highest BCUT2D eigenvalue weighted by atomic mass is 14.6. The molecule has 1 aromatic rings. The molecule has 1 rings (SSSR count). The maximum Gasteiger partial charge on any atom is 0.0297 e. The maximum atomic E-state index is 6.69. The first-order valence-corrected chi connectivity index (χ1v) is 18.6. The van der Waals surface area contributed by atoms with Crippen LogP contribution in [0.4, 0.5) is 0 Å². The van der Waals surface area contributed by atoms with E-state index in [1.807, 2.05) is 0 Å². The van der Waals surface area contributed by atoms with Crippen molar-refractivity contribution in [3.63, 3.8) is 0 Å². The number of aryl methyl sites for hydroxylation is 1. The number of nitrogens with two attached hydrogens (primary N) is 1. The Kier molecular flexibility index (Phi) is 27.6. The third-order valence-corrected chi connectivity index (χ3v) is 9.12. The van der Waals surface area contributed by atoms with Crippen molar-refractivity contribution in [2.75, 3.05) is 0 Å². The summed E-state index contributed by atoms with van der Waals surface area (Å²) in [5.74, 6) is 0. The maximum absolute atomic E-state index is 6.69. The summed E-state index contributed by atoms with van der Waals surface area (Å²) in [6, 6.07) is 9.26. The van der Waals surface area contributed by atoms with E-state index >= 15 is 0 Å². The number of hydrogen-bond acceptors (Lipinski definition) is 1. The Hall–Kier alpha value is -0.820.